The van der Waals surface area contributed by atoms with Crippen LogP contribution in [-0.2, 0) is 6.42 Å². The first-order valence-electron chi connectivity index (χ1n) is 6.81. The van der Waals surface area contributed by atoms with Crippen LogP contribution in [0.4, 0.5) is 5.13 Å². The number of hydrogen-bond donors (Lipinski definition) is 1. The smallest absolute Gasteiger partial charge is 0.185 e. The second-order valence-corrected chi connectivity index (χ2v) is 6.67. The quantitative estimate of drug-likeness (QED) is 0.883. The Morgan fingerprint density at radius 1 is 1.39 bits per heavy atom. The SMILES string of the molecule is CN(C)C1CCN(c2nc3c(s2)C(N)CCC3)C1. The van der Waals surface area contributed by atoms with E-state index in [-0.39, 0.29) is 6.04 Å². The van der Waals surface area contributed by atoms with E-state index in [0.717, 1.165) is 25.9 Å². The van der Waals surface area contributed by atoms with Crippen molar-refractivity contribution in [3.05, 3.63) is 10.6 Å². The standard InChI is InChI=1S/C13H22N4S/c1-16(2)9-6-7-17(8-9)13-15-11-5-3-4-10(14)12(11)18-13/h9-10H,3-8,14H2,1-2H3. The van der Waals surface area contributed by atoms with Gasteiger partial charge in [0.2, 0.25) is 0 Å². The zero-order valence-electron chi connectivity index (χ0n) is 11.2. The molecule has 0 bridgehead atoms. The van der Waals surface area contributed by atoms with E-state index in [1.165, 1.54) is 28.5 Å². The molecule has 2 heterocycles. The van der Waals surface area contributed by atoms with Crippen LogP contribution in [0, 0.1) is 0 Å². The van der Waals surface area contributed by atoms with Gasteiger partial charge in [-0.05, 0) is 39.8 Å². The van der Waals surface area contributed by atoms with Gasteiger partial charge in [-0.1, -0.05) is 11.3 Å². The van der Waals surface area contributed by atoms with E-state index in [9.17, 15) is 0 Å². The van der Waals surface area contributed by atoms with Crippen LogP contribution in [-0.4, -0.2) is 43.1 Å². The Balaban J connectivity index is 1.78. The van der Waals surface area contributed by atoms with Crippen molar-refractivity contribution in [2.75, 3.05) is 32.1 Å². The Bertz CT molecular complexity index is 429. The topological polar surface area (TPSA) is 45.4 Å². The minimum absolute atomic E-state index is 0.229. The van der Waals surface area contributed by atoms with Gasteiger partial charge in [-0.25, -0.2) is 4.98 Å². The van der Waals surface area contributed by atoms with E-state index >= 15 is 0 Å². The average Bonchev–Trinajstić information content (AvgIpc) is 2.95. The molecular formula is C13H22N4S. The van der Waals surface area contributed by atoms with Crippen molar-refractivity contribution in [2.45, 2.75) is 37.8 Å². The van der Waals surface area contributed by atoms with Crippen LogP contribution >= 0.6 is 11.3 Å². The van der Waals surface area contributed by atoms with Gasteiger partial charge in [0.25, 0.3) is 0 Å². The van der Waals surface area contributed by atoms with E-state index in [4.69, 9.17) is 10.7 Å². The lowest BCUT2D eigenvalue weighted by atomic mass is 9.99. The maximum Gasteiger partial charge on any atom is 0.185 e. The monoisotopic (exact) mass is 266 g/mol. The maximum absolute atomic E-state index is 6.18. The summed E-state index contributed by atoms with van der Waals surface area (Å²) in [7, 11) is 4.33. The van der Waals surface area contributed by atoms with E-state index in [1.54, 1.807) is 0 Å². The van der Waals surface area contributed by atoms with Gasteiger partial charge in [0.05, 0.1) is 5.69 Å². The number of aryl methyl sites for hydroxylation is 1. The number of hydrogen-bond acceptors (Lipinski definition) is 5. The summed E-state index contributed by atoms with van der Waals surface area (Å²) < 4.78 is 0. The lowest BCUT2D eigenvalue weighted by molar-refractivity contribution is 0.315. The van der Waals surface area contributed by atoms with Gasteiger partial charge >= 0.3 is 0 Å². The number of anilines is 1. The van der Waals surface area contributed by atoms with Gasteiger partial charge < -0.3 is 15.5 Å². The molecule has 2 atom stereocenters. The molecule has 1 aliphatic carbocycles. The molecule has 0 spiro atoms. The first-order chi connectivity index (χ1) is 8.65. The number of likely N-dealkylation sites (N-methyl/N-ethyl adjacent to an activating group) is 1. The van der Waals surface area contributed by atoms with Crippen LogP contribution in [0.5, 0.6) is 0 Å². The van der Waals surface area contributed by atoms with Gasteiger partial charge in [-0.15, -0.1) is 0 Å². The molecule has 1 aromatic rings. The molecule has 100 valence electrons. The van der Waals surface area contributed by atoms with Crippen LogP contribution in [0.3, 0.4) is 0 Å². The predicted octanol–water partition coefficient (Wildman–Crippen LogP) is 1.62. The number of fused-ring (bicyclic) bond motifs is 1. The van der Waals surface area contributed by atoms with Gasteiger partial charge in [-0.2, -0.15) is 0 Å². The summed E-state index contributed by atoms with van der Waals surface area (Å²) in [4.78, 5) is 10.9. The molecule has 5 heteroatoms. The van der Waals surface area contributed by atoms with Crippen LogP contribution in [0.1, 0.15) is 35.9 Å². The molecule has 0 radical (unpaired) electrons. The molecule has 18 heavy (non-hydrogen) atoms. The summed E-state index contributed by atoms with van der Waals surface area (Å²) in [5, 5.41) is 1.20. The Kier molecular flexibility index (Phi) is 3.30. The van der Waals surface area contributed by atoms with E-state index in [0.29, 0.717) is 6.04 Å². The molecule has 1 saturated heterocycles. The molecule has 0 aromatic carbocycles. The molecule has 1 fully saturated rings. The Labute approximate surface area is 113 Å². The molecule has 4 nitrogen and oxygen atoms in total. The molecule has 2 N–H and O–H groups in total. The third kappa shape index (κ3) is 2.15. The minimum Gasteiger partial charge on any atom is -0.346 e. The van der Waals surface area contributed by atoms with Gasteiger partial charge in [0.1, 0.15) is 0 Å². The van der Waals surface area contributed by atoms with Gasteiger partial charge in [-0.3, -0.25) is 0 Å². The molecule has 1 aliphatic heterocycles. The van der Waals surface area contributed by atoms with Crippen molar-refractivity contribution in [1.29, 1.82) is 0 Å². The van der Waals surface area contributed by atoms with Crippen molar-refractivity contribution in [3.63, 3.8) is 0 Å². The fourth-order valence-corrected chi connectivity index (χ4v) is 4.09. The maximum atomic E-state index is 6.18. The summed E-state index contributed by atoms with van der Waals surface area (Å²) in [5.74, 6) is 0. The van der Waals surface area contributed by atoms with Crippen molar-refractivity contribution < 1.29 is 0 Å². The summed E-state index contributed by atoms with van der Waals surface area (Å²) in [5.41, 5.74) is 7.44. The zero-order valence-corrected chi connectivity index (χ0v) is 12.0. The second-order valence-electron chi connectivity index (χ2n) is 5.66. The fourth-order valence-electron chi connectivity index (χ4n) is 2.91. The van der Waals surface area contributed by atoms with Crippen LogP contribution < -0.4 is 10.6 Å². The van der Waals surface area contributed by atoms with Crippen LogP contribution in [0.25, 0.3) is 0 Å². The van der Waals surface area contributed by atoms with Gasteiger partial charge in [0.15, 0.2) is 5.13 Å². The Morgan fingerprint density at radius 2 is 2.22 bits per heavy atom. The molecule has 2 unspecified atom stereocenters. The minimum atomic E-state index is 0.229. The normalized spacial score (nSPS) is 27.9. The Morgan fingerprint density at radius 3 is 2.89 bits per heavy atom. The third-order valence-corrected chi connectivity index (χ3v) is 5.44. The Hall–Kier alpha value is -0.650. The second kappa shape index (κ2) is 4.79. The van der Waals surface area contributed by atoms with Gasteiger partial charge in [0, 0.05) is 30.1 Å². The molecule has 2 aliphatic rings. The zero-order chi connectivity index (χ0) is 12.7. The number of thiazole rings is 1. The number of nitrogens with two attached hydrogens (primary N) is 1. The summed E-state index contributed by atoms with van der Waals surface area (Å²) >= 11 is 1.83. The summed E-state index contributed by atoms with van der Waals surface area (Å²) in [6, 6.07) is 0.895. The van der Waals surface area contributed by atoms with Crippen LogP contribution in [0.15, 0.2) is 0 Å². The molecule has 0 amide bonds. The van der Waals surface area contributed by atoms with Crippen molar-refractivity contribution in [3.8, 4) is 0 Å². The number of rotatable bonds is 2. The number of aromatic nitrogens is 1. The molecule has 1 aromatic heterocycles. The van der Waals surface area contributed by atoms with E-state index in [1.807, 2.05) is 11.3 Å². The van der Waals surface area contributed by atoms with Crippen LogP contribution in [0.2, 0.25) is 0 Å². The third-order valence-electron chi connectivity index (χ3n) is 4.15. The lowest BCUT2D eigenvalue weighted by Gasteiger charge is -2.19. The fraction of sp³-hybridized carbons (Fsp3) is 0.769. The highest BCUT2D eigenvalue weighted by Crippen LogP contribution is 2.37. The largest absolute Gasteiger partial charge is 0.346 e. The molecule has 0 saturated carbocycles. The first-order valence-corrected chi connectivity index (χ1v) is 7.63. The lowest BCUT2D eigenvalue weighted by Crippen LogP contribution is -2.31. The van der Waals surface area contributed by atoms with Crippen molar-refractivity contribution in [2.24, 2.45) is 5.73 Å². The first kappa shape index (κ1) is 12.4. The molecular weight excluding hydrogens is 244 g/mol. The highest BCUT2D eigenvalue weighted by Gasteiger charge is 2.28. The summed E-state index contributed by atoms with van der Waals surface area (Å²) in [6.07, 6.45) is 4.67. The van der Waals surface area contributed by atoms with E-state index in [2.05, 4.69) is 23.9 Å². The number of nitrogens with zero attached hydrogens (tertiary/aromatic N) is 3. The summed E-state index contributed by atoms with van der Waals surface area (Å²) in [6.45, 7) is 2.24. The van der Waals surface area contributed by atoms with E-state index < -0.39 is 0 Å². The molecule has 3 rings (SSSR count). The predicted molar refractivity (Wildman–Crippen MR) is 76.3 cm³/mol. The highest BCUT2D eigenvalue weighted by atomic mass is 32.1. The van der Waals surface area contributed by atoms with Crippen molar-refractivity contribution >= 4 is 16.5 Å². The van der Waals surface area contributed by atoms with Crippen molar-refractivity contribution in [1.82, 2.24) is 9.88 Å². The average molecular weight is 266 g/mol. The highest BCUT2D eigenvalue weighted by molar-refractivity contribution is 7.15.